The van der Waals surface area contributed by atoms with Crippen molar-refractivity contribution in [3.05, 3.63) is 35.9 Å². The van der Waals surface area contributed by atoms with E-state index < -0.39 is 0 Å². The van der Waals surface area contributed by atoms with Crippen LogP contribution in [0, 0.1) is 0 Å². The van der Waals surface area contributed by atoms with Gasteiger partial charge in [0.15, 0.2) is 0 Å². The zero-order valence-corrected chi connectivity index (χ0v) is 10.2. The van der Waals surface area contributed by atoms with E-state index in [2.05, 4.69) is 5.48 Å². The molecular formula is C12H18N2O3. The number of hydroxylamine groups is 1. The SMILES string of the molecule is COCCN(C)C(=O)NOCc1ccccc1. The molecule has 0 unspecified atom stereocenters. The summed E-state index contributed by atoms with van der Waals surface area (Å²) in [5.41, 5.74) is 3.38. The van der Waals surface area contributed by atoms with Gasteiger partial charge in [0.25, 0.3) is 0 Å². The lowest BCUT2D eigenvalue weighted by Crippen LogP contribution is -2.38. The minimum absolute atomic E-state index is 0.280. The molecule has 0 spiro atoms. The molecule has 0 aliphatic carbocycles. The highest BCUT2D eigenvalue weighted by Gasteiger charge is 2.07. The molecule has 0 aliphatic heterocycles. The highest BCUT2D eigenvalue weighted by molar-refractivity contribution is 5.72. The first-order valence-corrected chi connectivity index (χ1v) is 5.40. The van der Waals surface area contributed by atoms with Crippen molar-refractivity contribution < 1.29 is 14.4 Å². The standard InChI is InChI=1S/C12H18N2O3/c1-14(8-9-16-2)12(15)13-17-10-11-6-4-3-5-7-11/h3-7H,8-10H2,1-2H3,(H,13,15). The van der Waals surface area contributed by atoms with Crippen molar-refractivity contribution in [2.24, 2.45) is 0 Å². The second kappa shape index (κ2) is 7.65. The fourth-order valence-corrected chi connectivity index (χ4v) is 1.16. The molecule has 0 atom stereocenters. The number of carbonyl (C=O) groups is 1. The number of ether oxygens (including phenoxy) is 1. The fourth-order valence-electron chi connectivity index (χ4n) is 1.16. The molecule has 0 saturated heterocycles. The van der Waals surface area contributed by atoms with Crippen molar-refractivity contribution in [3.8, 4) is 0 Å². The lowest BCUT2D eigenvalue weighted by Gasteiger charge is -2.16. The van der Waals surface area contributed by atoms with Gasteiger partial charge in [0, 0.05) is 20.7 Å². The molecule has 1 rings (SSSR count). The number of nitrogens with zero attached hydrogens (tertiary/aromatic N) is 1. The Bertz CT molecular complexity index is 330. The largest absolute Gasteiger partial charge is 0.383 e. The van der Waals surface area contributed by atoms with E-state index in [4.69, 9.17) is 9.57 Å². The predicted molar refractivity (Wildman–Crippen MR) is 64.3 cm³/mol. The van der Waals surface area contributed by atoms with Crippen molar-refractivity contribution in [2.75, 3.05) is 27.3 Å². The molecule has 0 bridgehead atoms. The second-order valence-electron chi connectivity index (χ2n) is 3.60. The number of urea groups is 1. The van der Waals surface area contributed by atoms with Crippen molar-refractivity contribution in [1.82, 2.24) is 10.4 Å². The quantitative estimate of drug-likeness (QED) is 0.762. The molecule has 2 amide bonds. The molecule has 1 aromatic carbocycles. The molecule has 0 heterocycles. The van der Waals surface area contributed by atoms with Gasteiger partial charge in [-0.3, -0.25) is 4.84 Å². The number of amides is 2. The second-order valence-corrected chi connectivity index (χ2v) is 3.60. The van der Waals surface area contributed by atoms with Crippen molar-refractivity contribution >= 4 is 6.03 Å². The molecule has 1 aromatic rings. The Morgan fingerprint density at radius 2 is 2.06 bits per heavy atom. The molecule has 1 N–H and O–H groups in total. The highest BCUT2D eigenvalue weighted by Crippen LogP contribution is 1.99. The monoisotopic (exact) mass is 238 g/mol. The van der Waals surface area contributed by atoms with Crippen molar-refractivity contribution in [3.63, 3.8) is 0 Å². The molecule has 17 heavy (non-hydrogen) atoms. The lowest BCUT2D eigenvalue weighted by molar-refractivity contribution is 0.0366. The Labute approximate surface area is 101 Å². The van der Waals surface area contributed by atoms with E-state index in [0.29, 0.717) is 19.8 Å². The number of benzene rings is 1. The molecule has 0 radical (unpaired) electrons. The van der Waals surface area contributed by atoms with Crippen molar-refractivity contribution in [1.29, 1.82) is 0 Å². The summed E-state index contributed by atoms with van der Waals surface area (Å²) in [6.45, 7) is 1.38. The average molecular weight is 238 g/mol. The summed E-state index contributed by atoms with van der Waals surface area (Å²) < 4.78 is 4.87. The number of hydrogen-bond donors (Lipinski definition) is 1. The Hall–Kier alpha value is -1.59. The first-order valence-electron chi connectivity index (χ1n) is 5.40. The summed E-state index contributed by atoms with van der Waals surface area (Å²) >= 11 is 0. The summed E-state index contributed by atoms with van der Waals surface area (Å²) in [6, 6.07) is 9.36. The van der Waals surface area contributed by atoms with Gasteiger partial charge < -0.3 is 9.64 Å². The Morgan fingerprint density at radius 3 is 2.71 bits per heavy atom. The van der Waals surface area contributed by atoms with Crippen LogP contribution in [0.15, 0.2) is 30.3 Å². The van der Waals surface area contributed by atoms with Gasteiger partial charge in [-0.15, -0.1) is 0 Å². The van der Waals surface area contributed by atoms with Gasteiger partial charge in [-0.05, 0) is 5.56 Å². The topological polar surface area (TPSA) is 50.8 Å². The van der Waals surface area contributed by atoms with Crippen LogP contribution in [0.2, 0.25) is 0 Å². The smallest absolute Gasteiger partial charge is 0.341 e. The van der Waals surface area contributed by atoms with Gasteiger partial charge >= 0.3 is 6.03 Å². The van der Waals surface area contributed by atoms with Gasteiger partial charge in [-0.2, -0.15) is 0 Å². The summed E-state index contributed by atoms with van der Waals surface area (Å²) in [7, 11) is 3.28. The van der Waals surface area contributed by atoms with E-state index in [9.17, 15) is 4.79 Å². The van der Waals surface area contributed by atoms with E-state index in [-0.39, 0.29) is 6.03 Å². The number of carbonyl (C=O) groups excluding carboxylic acids is 1. The van der Waals surface area contributed by atoms with Crippen LogP contribution in [-0.4, -0.2) is 38.2 Å². The van der Waals surface area contributed by atoms with Crippen LogP contribution in [0.1, 0.15) is 5.56 Å². The minimum atomic E-state index is -0.280. The van der Waals surface area contributed by atoms with Crippen LogP contribution in [0.3, 0.4) is 0 Å². The molecule has 0 saturated carbocycles. The van der Waals surface area contributed by atoms with Crippen LogP contribution in [0.4, 0.5) is 4.79 Å². The third-order valence-corrected chi connectivity index (χ3v) is 2.22. The maximum Gasteiger partial charge on any atom is 0.341 e. The van der Waals surface area contributed by atoms with E-state index in [1.54, 1.807) is 14.2 Å². The first kappa shape index (κ1) is 13.5. The molecule has 5 nitrogen and oxygen atoms in total. The average Bonchev–Trinajstić information content (AvgIpc) is 2.37. The van der Waals surface area contributed by atoms with E-state index >= 15 is 0 Å². The third kappa shape index (κ3) is 5.33. The number of rotatable bonds is 6. The summed E-state index contributed by atoms with van der Waals surface area (Å²) in [5, 5.41) is 0. The normalized spacial score (nSPS) is 10.0. The van der Waals surface area contributed by atoms with Crippen molar-refractivity contribution in [2.45, 2.75) is 6.61 Å². The summed E-state index contributed by atoms with van der Waals surface area (Å²) in [6.07, 6.45) is 0. The van der Waals surface area contributed by atoms with Gasteiger partial charge in [-0.1, -0.05) is 30.3 Å². The van der Waals surface area contributed by atoms with Gasteiger partial charge in [0.1, 0.15) is 0 Å². The molecule has 94 valence electrons. The minimum Gasteiger partial charge on any atom is -0.383 e. The van der Waals surface area contributed by atoms with Gasteiger partial charge in [0.2, 0.25) is 0 Å². The molecule has 0 fully saturated rings. The zero-order chi connectivity index (χ0) is 12.5. The van der Waals surface area contributed by atoms with Crippen LogP contribution in [0.25, 0.3) is 0 Å². The maximum atomic E-state index is 11.5. The fraction of sp³-hybridized carbons (Fsp3) is 0.417. The summed E-state index contributed by atoms with van der Waals surface area (Å²) in [4.78, 5) is 18.1. The maximum absolute atomic E-state index is 11.5. The number of likely N-dealkylation sites (N-methyl/N-ethyl adjacent to an activating group) is 1. The lowest BCUT2D eigenvalue weighted by atomic mass is 10.2. The Balaban J connectivity index is 2.20. The summed E-state index contributed by atoms with van der Waals surface area (Å²) in [5.74, 6) is 0. The first-order chi connectivity index (χ1) is 8.24. The van der Waals surface area contributed by atoms with Crippen LogP contribution in [-0.2, 0) is 16.2 Å². The van der Waals surface area contributed by atoms with Gasteiger partial charge in [0.05, 0.1) is 13.2 Å². The number of nitrogens with one attached hydrogen (secondary N) is 1. The zero-order valence-electron chi connectivity index (χ0n) is 10.2. The molecule has 0 aliphatic rings. The third-order valence-electron chi connectivity index (χ3n) is 2.22. The van der Waals surface area contributed by atoms with E-state index in [0.717, 1.165) is 5.56 Å². The highest BCUT2D eigenvalue weighted by atomic mass is 16.7. The van der Waals surface area contributed by atoms with E-state index in [1.807, 2.05) is 30.3 Å². The predicted octanol–water partition coefficient (Wildman–Crippen LogP) is 1.41. The number of hydrogen-bond acceptors (Lipinski definition) is 3. The number of methoxy groups -OCH3 is 1. The molecular weight excluding hydrogens is 220 g/mol. The Morgan fingerprint density at radius 1 is 1.35 bits per heavy atom. The molecule has 0 aromatic heterocycles. The van der Waals surface area contributed by atoms with E-state index in [1.165, 1.54) is 4.90 Å². The van der Waals surface area contributed by atoms with Crippen LogP contribution >= 0.6 is 0 Å². The van der Waals surface area contributed by atoms with Crippen LogP contribution in [0.5, 0.6) is 0 Å². The Kier molecular flexibility index (Phi) is 6.06. The van der Waals surface area contributed by atoms with Crippen LogP contribution < -0.4 is 5.48 Å². The van der Waals surface area contributed by atoms with Gasteiger partial charge in [-0.25, -0.2) is 10.3 Å². The molecule has 5 heteroatoms.